The largest absolute Gasteiger partial charge is 0.340 e. The van der Waals surface area contributed by atoms with Gasteiger partial charge in [0.25, 0.3) is 0 Å². The van der Waals surface area contributed by atoms with Gasteiger partial charge in [-0.1, -0.05) is 11.8 Å². The van der Waals surface area contributed by atoms with Gasteiger partial charge in [-0.3, -0.25) is 9.59 Å². The van der Waals surface area contributed by atoms with Crippen LogP contribution >= 0.6 is 11.8 Å². The van der Waals surface area contributed by atoms with Gasteiger partial charge in [-0.25, -0.2) is 4.98 Å². The molecule has 0 bridgehead atoms. The number of aryl methyl sites for hydroxylation is 1. The van der Waals surface area contributed by atoms with Gasteiger partial charge in [0.1, 0.15) is 5.82 Å². The molecule has 1 aliphatic heterocycles. The fourth-order valence-corrected chi connectivity index (χ4v) is 3.08. The van der Waals surface area contributed by atoms with Crippen LogP contribution in [0.15, 0.2) is 12.4 Å². The lowest BCUT2D eigenvalue weighted by atomic mass is 10.4. The van der Waals surface area contributed by atoms with Gasteiger partial charge < -0.3 is 9.47 Å². The number of likely N-dealkylation sites (tertiary alicyclic amines) is 1. The lowest BCUT2D eigenvalue weighted by Crippen LogP contribution is -2.29. The Hall–Kier alpha value is -1.30. The number of imidazole rings is 1. The zero-order valence-electron chi connectivity index (χ0n) is 10.6. The summed E-state index contributed by atoms with van der Waals surface area (Å²) in [6, 6.07) is 0. The van der Waals surface area contributed by atoms with E-state index in [9.17, 15) is 9.59 Å². The van der Waals surface area contributed by atoms with Crippen molar-refractivity contribution in [1.82, 2.24) is 14.5 Å². The Morgan fingerprint density at radius 2 is 2.33 bits per heavy atom. The topological polar surface area (TPSA) is 55.2 Å². The van der Waals surface area contributed by atoms with Gasteiger partial charge in [-0.2, -0.15) is 0 Å². The van der Waals surface area contributed by atoms with Gasteiger partial charge in [0, 0.05) is 50.6 Å². The number of aromatic nitrogens is 2. The van der Waals surface area contributed by atoms with E-state index in [1.165, 1.54) is 11.8 Å². The first-order valence-corrected chi connectivity index (χ1v) is 6.87. The highest BCUT2D eigenvalue weighted by atomic mass is 32.2. The average molecular weight is 267 g/mol. The molecule has 2 rings (SSSR count). The van der Waals surface area contributed by atoms with Crippen LogP contribution in [0.2, 0.25) is 0 Å². The third kappa shape index (κ3) is 3.13. The van der Waals surface area contributed by atoms with E-state index in [4.69, 9.17) is 0 Å². The molecule has 0 saturated carbocycles. The van der Waals surface area contributed by atoms with Crippen LogP contribution in [0.4, 0.5) is 0 Å². The van der Waals surface area contributed by atoms with Crippen molar-refractivity contribution in [2.45, 2.75) is 32.1 Å². The fraction of sp³-hybridized carbons (Fsp3) is 0.583. The smallest absolute Gasteiger partial charge is 0.223 e. The van der Waals surface area contributed by atoms with Gasteiger partial charge in [-0.15, -0.1) is 0 Å². The Labute approximate surface area is 111 Å². The molecule has 1 aromatic rings. The monoisotopic (exact) mass is 267 g/mol. The number of thioether (sulfide) groups is 1. The molecule has 1 unspecified atom stereocenters. The summed E-state index contributed by atoms with van der Waals surface area (Å²) in [6.45, 7) is 5.61. The number of nitrogens with zero attached hydrogens (tertiary/aromatic N) is 3. The first kappa shape index (κ1) is 13.1. The summed E-state index contributed by atoms with van der Waals surface area (Å²) in [5, 5.41) is 0.207. The second kappa shape index (κ2) is 5.56. The minimum absolute atomic E-state index is 0.0834. The number of carbonyl (C=O) groups excluding carboxylic acids is 2. The van der Waals surface area contributed by atoms with Gasteiger partial charge in [-0.05, 0) is 6.92 Å². The van der Waals surface area contributed by atoms with Crippen LogP contribution in [-0.2, 0) is 16.1 Å². The normalized spacial score (nSPS) is 19.6. The van der Waals surface area contributed by atoms with Crippen molar-refractivity contribution < 1.29 is 9.59 Å². The Morgan fingerprint density at radius 1 is 1.56 bits per heavy atom. The third-order valence-electron chi connectivity index (χ3n) is 3.05. The average Bonchev–Trinajstić information content (AvgIpc) is 2.82. The molecule has 2 heterocycles. The SMILES string of the molecule is CC(=O)SC1CC(=O)N(CCn2ccnc2C)C1. The van der Waals surface area contributed by atoms with Crippen LogP contribution in [0.25, 0.3) is 0 Å². The van der Waals surface area contributed by atoms with Crippen LogP contribution in [0.5, 0.6) is 0 Å². The van der Waals surface area contributed by atoms with E-state index in [1.807, 2.05) is 22.6 Å². The molecule has 1 aliphatic rings. The number of rotatable bonds is 4. The minimum Gasteiger partial charge on any atom is -0.340 e. The summed E-state index contributed by atoms with van der Waals surface area (Å²) in [6.07, 6.45) is 4.15. The highest BCUT2D eigenvalue weighted by Gasteiger charge is 2.30. The second-order valence-electron chi connectivity index (χ2n) is 4.44. The van der Waals surface area contributed by atoms with Crippen LogP contribution in [0, 0.1) is 6.92 Å². The van der Waals surface area contributed by atoms with Gasteiger partial charge in [0.2, 0.25) is 5.91 Å². The molecule has 1 amide bonds. The number of carbonyl (C=O) groups is 2. The molecular weight excluding hydrogens is 250 g/mol. The molecular formula is C12H17N3O2S. The first-order valence-electron chi connectivity index (χ1n) is 5.99. The van der Waals surface area contributed by atoms with Gasteiger partial charge in [0.05, 0.1) is 0 Å². The maximum absolute atomic E-state index is 11.8. The molecule has 0 aromatic carbocycles. The summed E-state index contributed by atoms with van der Waals surface area (Å²) in [5.41, 5.74) is 0. The lowest BCUT2D eigenvalue weighted by Gasteiger charge is -2.17. The summed E-state index contributed by atoms with van der Waals surface area (Å²) in [4.78, 5) is 28.8. The first-order chi connectivity index (χ1) is 8.56. The standard InChI is InChI=1S/C12H17N3O2S/c1-9-13-3-4-14(9)5-6-15-8-11(7-12(15)17)18-10(2)16/h3-4,11H,5-8H2,1-2H3. The van der Waals surface area contributed by atoms with E-state index in [2.05, 4.69) is 4.98 Å². The van der Waals surface area contributed by atoms with Gasteiger partial charge in [0.15, 0.2) is 5.12 Å². The molecule has 98 valence electrons. The summed E-state index contributed by atoms with van der Waals surface area (Å²) in [5.74, 6) is 1.10. The Morgan fingerprint density at radius 3 is 2.94 bits per heavy atom. The number of hydrogen-bond acceptors (Lipinski definition) is 4. The van der Waals surface area contributed by atoms with Crippen LogP contribution in [0.3, 0.4) is 0 Å². The molecule has 0 N–H and O–H groups in total. The number of amides is 1. The van der Waals surface area contributed by atoms with Crippen LogP contribution in [-0.4, -0.2) is 43.8 Å². The van der Waals surface area contributed by atoms with Crippen LogP contribution < -0.4 is 0 Å². The highest BCUT2D eigenvalue weighted by Crippen LogP contribution is 2.23. The van der Waals surface area contributed by atoms with E-state index in [0.29, 0.717) is 19.5 Å². The Balaban J connectivity index is 1.85. The lowest BCUT2D eigenvalue weighted by molar-refractivity contribution is -0.127. The van der Waals surface area contributed by atoms with Crippen molar-refractivity contribution in [3.05, 3.63) is 18.2 Å². The summed E-state index contributed by atoms with van der Waals surface area (Å²) >= 11 is 1.28. The predicted molar refractivity (Wildman–Crippen MR) is 70.2 cm³/mol. The molecule has 0 aliphatic carbocycles. The van der Waals surface area contributed by atoms with Gasteiger partial charge >= 0.3 is 0 Å². The van der Waals surface area contributed by atoms with E-state index in [0.717, 1.165) is 12.4 Å². The van der Waals surface area contributed by atoms with Crippen molar-refractivity contribution in [1.29, 1.82) is 0 Å². The molecule has 0 spiro atoms. The van der Waals surface area contributed by atoms with Crippen molar-refractivity contribution >= 4 is 22.8 Å². The van der Waals surface area contributed by atoms with E-state index < -0.39 is 0 Å². The molecule has 1 atom stereocenters. The Kier molecular flexibility index (Phi) is 4.06. The summed E-state index contributed by atoms with van der Waals surface area (Å²) in [7, 11) is 0. The maximum Gasteiger partial charge on any atom is 0.223 e. The number of hydrogen-bond donors (Lipinski definition) is 0. The van der Waals surface area contributed by atoms with Crippen LogP contribution in [0.1, 0.15) is 19.2 Å². The molecule has 5 nitrogen and oxygen atoms in total. The molecule has 1 fully saturated rings. The molecule has 18 heavy (non-hydrogen) atoms. The summed E-state index contributed by atoms with van der Waals surface area (Å²) < 4.78 is 2.03. The zero-order chi connectivity index (χ0) is 13.1. The third-order valence-corrected chi connectivity index (χ3v) is 4.03. The minimum atomic E-state index is 0.0834. The maximum atomic E-state index is 11.8. The molecule has 0 radical (unpaired) electrons. The zero-order valence-corrected chi connectivity index (χ0v) is 11.4. The van der Waals surface area contributed by atoms with Crippen molar-refractivity contribution in [3.8, 4) is 0 Å². The van der Waals surface area contributed by atoms with E-state index >= 15 is 0 Å². The van der Waals surface area contributed by atoms with Crippen molar-refractivity contribution in [2.24, 2.45) is 0 Å². The van der Waals surface area contributed by atoms with Crippen molar-refractivity contribution in [2.75, 3.05) is 13.1 Å². The van der Waals surface area contributed by atoms with E-state index in [1.54, 1.807) is 13.1 Å². The highest BCUT2D eigenvalue weighted by molar-refractivity contribution is 8.14. The Bertz CT molecular complexity index is 458. The quantitative estimate of drug-likeness (QED) is 0.819. The second-order valence-corrected chi connectivity index (χ2v) is 5.92. The predicted octanol–water partition coefficient (Wildman–Crippen LogP) is 1.07. The molecule has 6 heteroatoms. The molecule has 1 aromatic heterocycles. The fourth-order valence-electron chi connectivity index (χ4n) is 2.13. The van der Waals surface area contributed by atoms with Crippen molar-refractivity contribution in [3.63, 3.8) is 0 Å². The van der Waals surface area contributed by atoms with E-state index in [-0.39, 0.29) is 16.3 Å². The molecule has 1 saturated heterocycles.